The number of ether oxygens (including phenoxy) is 1. The van der Waals surface area contributed by atoms with E-state index in [1.807, 2.05) is 14.0 Å². The Labute approximate surface area is 128 Å². The molecule has 1 N–H and O–H groups in total. The lowest BCUT2D eigenvalue weighted by atomic mass is 10.2. The first-order valence-corrected chi connectivity index (χ1v) is 8.14. The lowest BCUT2D eigenvalue weighted by molar-refractivity contribution is 0.0399. The minimum Gasteiger partial charge on any atom is -0.372 e. The lowest BCUT2D eigenvalue weighted by Gasteiger charge is -2.18. The van der Waals surface area contributed by atoms with Gasteiger partial charge >= 0.3 is 0 Å². The van der Waals surface area contributed by atoms with Crippen molar-refractivity contribution in [2.45, 2.75) is 45.6 Å². The summed E-state index contributed by atoms with van der Waals surface area (Å²) in [4.78, 5) is 9.43. The van der Waals surface area contributed by atoms with Gasteiger partial charge in [0.15, 0.2) is 5.82 Å². The summed E-state index contributed by atoms with van der Waals surface area (Å²) in [6.45, 7) is 4.93. The molecule has 1 atom stereocenters. The Bertz CT molecular complexity index is 435. The number of nitrogens with one attached hydrogen (secondary N) is 1. The minimum absolute atomic E-state index is 0.0738. The van der Waals surface area contributed by atoms with Crippen molar-refractivity contribution in [2.75, 3.05) is 19.0 Å². The number of halogens is 1. The Morgan fingerprint density at radius 2 is 2.11 bits per heavy atom. The predicted molar refractivity (Wildman–Crippen MR) is 85.4 cm³/mol. The maximum Gasteiger partial charge on any atom is 0.160 e. The number of nitrogens with zero attached hydrogens (tertiary/aromatic N) is 2. The smallest absolute Gasteiger partial charge is 0.160 e. The fourth-order valence-electron chi connectivity index (χ4n) is 2.21. The molecule has 1 heterocycles. The van der Waals surface area contributed by atoms with E-state index in [9.17, 15) is 0 Å². The fraction of sp³-hybridized carbons (Fsp3) is 0.714. The second kappa shape index (κ2) is 6.83. The number of hydrogen-bond donors (Lipinski definition) is 1. The lowest BCUT2D eigenvalue weighted by Crippen LogP contribution is -2.15. The van der Waals surface area contributed by atoms with E-state index < -0.39 is 0 Å². The van der Waals surface area contributed by atoms with Crippen LogP contribution < -0.4 is 5.32 Å². The number of hydrogen-bond acceptors (Lipinski definition) is 4. The van der Waals surface area contributed by atoms with Gasteiger partial charge in [-0.15, -0.1) is 0 Å². The SMILES string of the molecule is CCCc1nc(C(OCC)C2CC2)nc(NC)c1I. The zero-order valence-corrected chi connectivity index (χ0v) is 14.0. The van der Waals surface area contributed by atoms with E-state index in [1.165, 1.54) is 12.8 Å². The molecule has 0 aromatic carbocycles. The number of aromatic nitrogens is 2. The third kappa shape index (κ3) is 3.56. The first-order valence-electron chi connectivity index (χ1n) is 7.06. The van der Waals surface area contributed by atoms with Crippen LogP contribution in [0, 0.1) is 9.49 Å². The van der Waals surface area contributed by atoms with E-state index in [2.05, 4.69) is 39.8 Å². The Kier molecular flexibility index (Phi) is 5.38. The van der Waals surface area contributed by atoms with Gasteiger partial charge in [0, 0.05) is 13.7 Å². The monoisotopic (exact) mass is 375 g/mol. The number of anilines is 1. The summed E-state index contributed by atoms with van der Waals surface area (Å²) in [7, 11) is 1.91. The maximum atomic E-state index is 5.87. The van der Waals surface area contributed by atoms with Crippen molar-refractivity contribution in [1.29, 1.82) is 0 Å². The molecule has 19 heavy (non-hydrogen) atoms. The molecule has 0 aliphatic heterocycles. The van der Waals surface area contributed by atoms with Gasteiger partial charge in [0.25, 0.3) is 0 Å². The molecule has 1 unspecified atom stereocenters. The van der Waals surface area contributed by atoms with Gasteiger partial charge in [-0.2, -0.15) is 0 Å². The first kappa shape index (κ1) is 15.0. The van der Waals surface area contributed by atoms with Crippen molar-refractivity contribution >= 4 is 28.4 Å². The van der Waals surface area contributed by atoms with Crippen molar-refractivity contribution in [1.82, 2.24) is 9.97 Å². The molecule has 4 nitrogen and oxygen atoms in total. The van der Waals surface area contributed by atoms with Crippen molar-refractivity contribution in [3.05, 3.63) is 15.1 Å². The van der Waals surface area contributed by atoms with E-state index in [1.54, 1.807) is 0 Å². The van der Waals surface area contributed by atoms with E-state index in [-0.39, 0.29) is 6.10 Å². The average Bonchev–Trinajstić information content (AvgIpc) is 3.23. The number of aryl methyl sites for hydroxylation is 1. The topological polar surface area (TPSA) is 47.0 Å². The normalized spacial score (nSPS) is 16.4. The standard InChI is InChI=1S/C14H22IN3O/c1-4-6-10-11(15)13(16-3)18-14(17-10)12(19-5-2)9-7-8-9/h9,12H,4-8H2,1-3H3,(H,16,17,18). The molecule has 1 fully saturated rings. The van der Waals surface area contributed by atoms with Crippen LogP contribution in [0.15, 0.2) is 0 Å². The Balaban J connectivity index is 2.34. The molecule has 5 heteroatoms. The number of rotatable bonds is 7. The third-order valence-corrected chi connectivity index (χ3v) is 4.45. The van der Waals surface area contributed by atoms with Gasteiger partial charge in [-0.1, -0.05) is 13.3 Å². The molecule has 0 amide bonds. The zero-order valence-electron chi connectivity index (χ0n) is 11.9. The van der Waals surface area contributed by atoms with Crippen molar-refractivity contribution < 1.29 is 4.74 Å². The molecule has 0 saturated heterocycles. The average molecular weight is 375 g/mol. The summed E-state index contributed by atoms with van der Waals surface area (Å²) >= 11 is 2.33. The van der Waals surface area contributed by atoms with Crippen LogP contribution in [0.3, 0.4) is 0 Å². The van der Waals surface area contributed by atoms with Crippen molar-refractivity contribution in [3.8, 4) is 0 Å². The van der Waals surface area contributed by atoms with E-state index in [4.69, 9.17) is 9.72 Å². The Hall–Kier alpha value is -0.430. The van der Waals surface area contributed by atoms with Gasteiger partial charge in [0.2, 0.25) is 0 Å². The summed E-state index contributed by atoms with van der Waals surface area (Å²) in [6, 6.07) is 0. The van der Waals surface area contributed by atoms with Crippen LogP contribution in [0.25, 0.3) is 0 Å². The van der Waals surface area contributed by atoms with Crippen LogP contribution in [-0.4, -0.2) is 23.6 Å². The molecule has 1 aromatic rings. The summed E-state index contributed by atoms with van der Waals surface area (Å²) < 4.78 is 7.01. The Morgan fingerprint density at radius 3 is 2.63 bits per heavy atom. The molecule has 1 aromatic heterocycles. The first-order chi connectivity index (χ1) is 9.21. The second-order valence-electron chi connectivity index (χ2n) is 4.90. The molecular weight excluding hydrogens is 353 g/mol. The largest absolute Gasteiger partial charge is 0.372 e. The molecular formula is C14H22IN3O. The summed E-state index contributed by atoms with van der Waals surface area (Å²) in [5.74, 6) is 2.40. The highest BCUT2D eigenvalue weighted by atomic mass is 127. The second-order valence-corrected chi connectivity index (χ2v) is 5.98. The molecule has 0 radical (unpaired) electrons. The molecule has 1 aliphatic rings. The van der Waals surface area contributed by atoms with E-state index in [0.717, 1.165) is 33.7 Å². The Morgan fingerprint density at radius 1 is 1.37 bits per heavy atom. The molecule has 0 bridgehead atoms. The zero-order chi connectivity index (χ0) is 13.8. The molecule has 1 aliphatic carbocycles. The van der Waals surface area contributed by atoms with Gasteiger partial charge in [-0.25, -0.2) is 9.97 Å². The predicted octanol–water partition coefficient (Wildman–Crippen LogP) is 3.56. The van der Waals surface area contributed by atoms with Crippen LogP contribution in [-0.2, 0) is 11.2 Å². The molecule has 0 spiro atoms. The highest BCUT2D eigenvalue weighted by molar-refractivity contribution is 14.1. The van der Waals surface area contributed by atoms with Crippen molar-refractivity contribution in [2.24, 2.45) is 5.92 Å². The summed E-state index contributed by atoms with van der Waals surface area (Å²) in [6.07, 6.45) is 4.63. The highest BCUT2D eigenvalue weighted by Crippen LogP contribution is 2.42. The fourth-order valence-corrected chi connectivity index (χ4v) is 2.99. The third-order valence-electron chi connectivity index (χ3n) is 3.31. The highest BCUT2D eigenvalue weighted by Gasteiger charge is 2.35. The van der Waals surface area contributed by atoms with Crippen LogP contribution in [0.1, 0.15) is 50.7 Å². The van der Waals surface area contributed by atoms with Crippen LogP contribution in [0.4, 0.5) is 5.82 Å². The van der Waals surface area contributed by atoms with Gasteiger partial charge in [-0.05, 0) is 54.7 Å². The molecule has 106 valence electrons. The summed E-state index contributed by atoms with van der Waals surface area (Å²) in [5, 5.41) is 3.18. The van der Waals surface area contributed by atoms with Crippen LogP contribution >= 0.6 is 22.6 Å². The molecule has 2 rings (SSSR count). The van der Waals surface area contributed by atoms with Crippen molar-refractivity contribution in [3.63, 3.8) is 0 Å². The minimum atomic E-state index is 0.0738. The maximum absolute atomic E-state index is 5.87. The van der Waals surface area contributed by atoms with Gasteiger partial charge in [-0.3, -0.25) is 0 Å². The van der Waals surface area contributed by atoms with Gasteiger partial charge < -0.3 is 10.1 Å². The molecule has 1 saturated carbocycles. The quantitative estimate of drug-likeness (QED) is 0.741. The van der Waals surface area contributed by atoms with E-state index >= 15 is 0 Å². The summed E-state index contributed by atoms with van der Waals surface area (Å²) in [5.41, 5.74) is 1.14. The van der Waals surface area contributed by atoms with Crippen LogP contribution in [0.5, 0.6) is 0 Å². The van der Waals surface area contributed by atoms with Gasteiger partial charge in [0.05, 0.1) is 9.26 Å². The van der Waals surface area contributed by atoms with E-state index in [0.29, 0.717) is 12.5 Å². The van der Waals surface area contributed by atoms with Crippen LogP contribution in [0.2, 0.25) is 0 Å². The van der Waals surface area contributed by atoms with Gasteiger partial charge in [0.1, 0.15) is 11.9 Å².